The van der Waals surface area contributed by atoms with E-state index in [1.54, 1.807) is 17.7 Å². The fourth-order valence-electron chi connectivity index (χ4n) is 4.22. The highest BCUT2D eigenvalue weighted by Crippen LogP contribution is 2.26. The topological polar surface area (TPSA) is 66.4 Å². The van der Waals surface area contributed by atoms with Gasteiger partial charge in [0.15, 0.2) is 0 Å². The average molecular weight is 426 g/mol. The van der Waals surface area contributed by atoms with Crippen molar-refractivity contribution in [2.24, 2.45) is 0 Å². The van der Waals surface area contributed by atoms with Crippen LogP contribution in [0.3, 0.4) is 0 Å². The largest absolute Gasteiger partial charge is 0.497 e. The van der Waals surface area contributed by atoms with E-state index in [2.05, 4.69) is 0 Å². The van der Waals surface area contributed by atoms with E-state index in [0.29, 0.717) is 16.8 Å². The zero-order valence-corrected chi connectivity index (χ0v) is 18.1. The van der Waals surface area contributed by atoms with Crippen LogP contribution in [-0.4, -0.2) is 16.2 Å². The van der Waals surface area contributed by atoms with Crippen molar-refractivity contribution < 1.29 is 9.15 Å². The Balaban J connectivity index is 1.85. The van der Waals surface area contributed by atoms with Crippen LogP contribution in [0.2, 0.25) is 0 Å². The lowest BCUT2D eigenvalue weighted by Gasteiger charge is -2.13. The van der Waals surface area contributed by atoms with Gasteiger partial charge < -0.3 is 9.15 Å². The Bertz CT molecular complexity index is 1570. The van der Waals surface area contributed by atoms with Crippen LogP contribution < -0.4 is 16.0 Å². The molecule has 160 valence electrons. The number of aromatic nitrogens is 2. The van der Waals surface area contributed by atoms with Crippen molar-refractivity contribution >= 4 is 22.1 Å². The Hall–Kier alpha value is -4.06. The fourth-order valence-corrected chi connectivity index (χ4v) is 4.22. The third-order valence-corrected chi connectivity index (χ3v) is 5.62. The summed E-state index contributed by atoms with van der Waals surface area (Å²) in [6, 6.07) is 20.6. The SMILES string of the molecule is COc1ccc(Cn2c(=O)n(-c3cc(C)cc(C)c3)c(=O)c3oc4ccccc4c32)cc1. The molecule has 0 atom stereocenters. The first-order valence-corrected chi connectivity index (χ1v) is 10.3. The molecule has 0 bridgehead atoms. The Kier molecular flexibility index (Phi) is 4.70. The zero-order chi connectivity index (χ0) is 22.4. The number of benzene rings is 3. The van der Waals surface area contributed by atoms with Gasteiger partial charge in [0.05, 0.1) is 19.3 Å². The van der Waals surface area contributed by atoms with Crippen LogP contribution in [0.1, 0.15) is 16.7 Å². The Morgan fingerprint density at radius 2 is 1.59 bits per heavy atom. The van der Waals surface area contributed by atoms with Crippen LogP contribution in [0, 0.1) is 13.8 Å². The number of rotatable bonds is 4. The summed E-state index contributed by atoms with van der Waals surface area (Å²) in [5.41, 5.74) is 3.75. The minimum Gasteiger partial charge on any atom is -0.497 e. The van der Waals surface area contributed by atoms with Crippen LogP contribution in [0.15, 0.2) is 80.7 Å². The summed E-state index contributed by atoms with van der Waals surface area (Å²) in [5.74, 6) is 0.736. The summed E-state index contributed by atoms with van der Waals surface area (Å²) in [5, 5.41) is 0.734. The van der Waals surface area contributed by atoms with E-state index in [-0.39, 0.29) is 12.1 Å². The van der Waals surface area contributed by atoms with Crippen molar-refractivity contribution in [3.63, 3.8) is 0 Å². The highest BCUT2D eigenvalue weighted by Gasteiger charge is 2.21. The molecule has 0 saturated carbocycles. The van der Waals surface area contributed by atoms with Gasteiger partial charge in [0.2, 0.25) is 5.58 Å². The molecule has 2 aromatic heterocycles. The number of furan rings is 1. The number of fused-ring (bicyclic) bond motifs is 3. The number of nitrogens with zero attached hydrogens (tertiary/aromatic N) is 2. The Labute approximate surface area is 183 Å². The van der Waals surface area contributed by atoms with E-state index in [4.69, 9.17) is 9.15 Å². The maximum Gasteiger partial charge on any atom is 0.336 e. The summed E-state index contributed by atoms with van der Waals surface area (Å²) in [4.78, 5) is 27.2. The summed E-state index contributed by atoms with van der Waals surface area (Å²) in [6.07, 6.45) is 0. The maximum absolute atomic E-state index is 13.8. The summed E-state index contributed by atoms with van der Waals surface area (Å²) in [6.45, 7) is 4.17. The first-order valence-electron chi connectivity index (χ1n) is 10.3. The number of methoxy groups -OCH3 is 1. The van der Waals surface area contributed by atoms with E-state index in [1.165, 1.54) is 4.57 Å². The van der Waals surface area contributed by atoms with Crippen molar-refractivity contribution in [3.8, 4) is 11.4 Å². The number of hydrogen-bond donors (Lipinski definition) is 0. The predicted molar refractivity (Wildman–Crippen MR) is 125 cm³/mol. The predicted octanol–water partition coefficient (Wildman–Crippen LogP) is 4.57. The van der Waals surface area contributed by atoms with Crippen LogP contribution in [0.25, 0.3) is 27.8 Å². The first kappa shape index (κ1) is 19.9. The molecule has 0 aliphatic carbocycles. The fraction of sp³-hybridized carbons (Fsp3) is 0.154. The van der Waals surface area contributed by atoms with Crippen LogP contribution >= 0.6 is 0 Å². The molecule has 6 nitrogen and oxygen atoms in total. The first-order chi connectivity index (χ1) is 15.5. The van der Waals surface area contributed by atoms with E-state index >= 15 is 0 Å². The standard InChI is InChI=1S/C26H22N2O4/c1-16-12-17(2)14-19(13-16)28-25(29)24-23(21-6-4-5-7-22(21)32-24)27(26(28)30)15-18-8-10-20(31-3)11-9-18/h4-14H,15H2,1-3H3. The molecule has 5 rings (SSSR count). The lowest BCUT2D eigenvalue weighted by atomic mass is 10.1. The van der Waals surface area contributed by atoms with Gasteiger partial charge in [-0.2, -0.15) is 0 Å². The van der Waals surface area contributed by atoms with E-state index < -0.39 is 11.2 Å². The normalized spacial score (nSPS) is 11.3. The summed E-state index contributed by atoms with van der Waals surface area (Å²) in [7, 11) is 1.61. The van der Waals surface area contributed by atoms with Crippen LogP contribution in [0.4, 0.5) is 0 Å². The highest BCUT2D eigenvalue weighted by atomic mass is 16.5. The maximum atomic E-state index is 13.8. The molecular formula is C26H22N2O4. The van der Waals surface area contributed by atoms with Crippen molar-refractivity contribution in [1.82, 2.24) is 9.13 Å². The second kappa shape index (κ2) is 7.57. The van der Waals surface area contributed by atoms with Crippen LogP contribution in [0.5, 0.6) is 5.75 Å². The van der Waals surface area contributed by atoms with Crippen LogP contribution in [-0.2, 0) is 6.54 Å². The highest BCUT2D eigenvalue weighted by molar-refractivity contribution is 6.02. The lowest BCUT2D eigenvalue weighted by Crippen LogP contribution is -2.39. The third-order valence-electron chi connectivity index (χ3n) is 5.62. The molecule has 0 aliphatic rings. The molecule has 5 aromatic rings. The third kappa shape index (κ3) is 3.21. The van der Waals surface area contributed by atoms with Gasteiger partial charge in [-0.05, 0) is 66.9 Å². The zero-order valence-electron chi connectivity index (χ0n) is 18.1. The van der Waals surface area contributed by atoms with E-state index in [0.717, 1.165) is 27.8 Å². The molecule has 0 unspecified atom stereocenters. The van der Waals surface area contributed by atoms with Crippen molar-refractivity contribution in [2.45, 2.75) is 20.4 Å². The lowest BCUT2D eigenvalue weighted by molar-refractivity contribution is 0.414. The number of ether oxygens (including phenoxy) is 1. The molecule has 0 saturated heterocycles. The van der Waals surface area contributed by atoms with Gasteiger partial charge in [-0.25, -0.2) is 9.36 Å². The average Bonchev–Trinajstić information content (AvgIpc) is 3.16. The molecule has 0 spiro atoms. The second-order valence-electron chi connectivity index (χ2n) is 7.98. The summed E-state index contributed by atoms with van der Waals surface area (Å²) >= 11 is 0. The van der Waals surface area contributed by atoms with Crippen molar-refractivity contribution in [1.29, 1.82) is 0 Å². The number of hydrogen-bond acceptors (Lipinski definition) is 4. The number of aryl methyl sites for hydroxylation is 2. The van der Waals surface area contributed by atoms with Gasteiger partial charge in [-0.3, -0.25) is 9.36 Å². The van der Waals surface area contributed by atoms with Gasteiger partial charge in [0.25, 0.3) is 0 Å². The van der Waals surface area contributed by atoms with Gasteiger partial charge in [0, 0.05) is 5.39 Å². The number of para-hydroxylation sites is 1. The van der Waals surface area contributed by atoms with Gasteiger partial charge in [-0.15, -0.1) is 0 Å². The minimum absolute atomic E-state index is 0.165. The minimum atomic E-state index is -0.461. The smallest absolute Gasteiger partial charge is 0.336 e. The Morgan fingerprint density at radius 1 is 0.906 bits per heavy atom. The van der Waals surface area contributed by atoms with E-state index in [1.807, 2.05) is 74.5 Å². The monoisotopic (exact) mass is 426 g/mol. The van der Waals surface area contributed by atoms with Crippen molar-refractivity contribution in [2.75, 3.05) is 7.11 Å². The molecule has 0 amide bonds. The quantitative estimate of drug-likeness (QED) is 0.422. The molecular weight excluding hydrogens is 404 g/mol. The molecule has 0 fully saturated rings. The van der Waals surface area contributed by atoms with Crippen molar-refractivity contribution in [3.05, 3.63) is 104 Å². The molecule has 2 heterocycles. The molecule has 0 aliphatic heterocycles. The second-order valence-corrected chi connectivity index (χ2v) is 7.98. The molecule has 0 N–H and O–H groups in total. The molecule has 0 radical (unpaired) electrons. The Morgan fingerprint density at radius 3 is 2.28 bits per heavy atom. The van der Waals surface area contributed by atoms with Gasteiger partial charge in [-0.1, -0.05) is 30.3 Å². The molecule has 6 heteroatoms. The molecule has 32 heavy (non-hydrogen) atoms. The van der Waals surface area contributed by atoms with Gasteiger partial charge in [0.1, 0.15) is 16.8 Å². The van der Waals surface area contributed by atoms with E-state index in [9.17, 15) is 9.59 Å². The molecule has 3 aromatic carbocycles. The van der Waals surface area contributed by atoms with Gasteiger partial charge >= 0.3 is 11.2 Å². The summed E-state index contributed by atoms with van der Waals surface area (Å²) < 4.78 is 14.0.